The van der Waals surface area contributed by atoms with Crippen LogP contribution in [0.2, 0.25) is 0 Å². The molecule has 3 rings (SSSR count). The first-order chi connectivity index (χ1) is 7.83. The Morgan fingerprint density at radius 3 is 3.00 bits per heavy atom. The molecule has 0 saturated heterocycles. The maximum atomic E-state index is 3.64. The van der Waals surface area contributed by atoms with Crippen LogP contribution in [-0.2, 0) is 6.42 Å². The number of para-hydroxylation sites is 1. The Morgan fingerprint density at radius 2 is 2.19 bits per heavy atom. The number of fused-ring (bicyclic) bond motifs is 1. The molecule has 1 heterocycles. The van der Waals surface area contributed by atoms with Gasteiger partial charge in [0.05, 0.1) is 0 Å². The van der Waals surface area contributed by atoms with Crippen LogP contribution in [0, 0.1) is 0 Å². The largest absolute Gasteiger partial charge is 0.361 e. The fourth-order valence-electron chi connectivity index (χ4n) is 2.34. The number of aromatic nitrogens is 1. The third kappa shape index (κ3) is 1.98. The van der Waals surface area contributed by atoms with E-state index in [0.29, 0.717) is 6.04 Å². The van der Waals surface area contributed by atoms with E-state index in [1.807, 2.05) is 0 Å². The number of hydrogen-bond donors (Lipinski definition) is 2. The van der Waals surface area contributed by atoms with Crippen LogP contribution < -0.4 is 5.32 Å². The summed E-state index contributed by atoms with van der Waals surface area (Å²) in [5, 5.41) is 5.01. The van der Waals surface area contributed by atoms with Gasteiger partial charge in [-0.2, -0.15) is 0 Å². The zero-order valence-corrected chi connectivity index (χ0v) is 9.66. The first-order valence-corrected chi connectivity index (χ1v) is 6.14. The van der Waals surface area contributed by atoms with Gasteiger partial charge in [-0.3, -0.25) is 0 Å². The van der Waals surface area contributed by atoms with Crippen molar-refractivity contribution >= 4 is 10.9 Å². The van der Waals surface area contributed by atoms with Crippen molar-refractivity contribution in [3.8, 4) is 0 Å². The van der Waals surface area contributed by atoms with E-state index in [2.05, 4.69) is 47.7 Å². The third-order valence-corrected chi connectivity index (χ3v) is 3.30. The molecule has 1 aromatic carbocycles. The van der Waals surface area contributed by atoms with Crippen LogP contribution in [0.5, 0.6) is 0 Å². The monoisotopic (exact) mass is 214 g/mol. The van der Waals surface area contributed by atoms with Gasteiger partial charge >= 0.3 is 0 Å². The molecule has 0 aliphatic heterocycles. The summed E-state index contributed by atoms with van der Waals surface area (Å²) in [4.78, 5) is 3.33. The molecule has 16 heavy (non-hydrogen) atoms. The first-order valence-electron chi connectivity index (χ1n) is 6.14. The minimum absolute atomic E-state index is 0.576. The summed E-state index contributed by atoms with van der Waals surface area (Å²) in [6.45, 7) is 2.28. The van der Waals surface area contributed by atoms with Gasteiger partial charge in [0.15, 0.2) is 0 Å². The summed E-state index contributed by atoms with van der Waals surface area (Å²) >= 11 is 0. The maximum absolute atomic E-state index is 3.64. The molecule has 1 unspecified atom stereocenters. The number of nitrogens with one attached hydrogen (secondary N) is 2. The molecule has 1 atom stereocenters. The van der Waals surface area contributed by atoms with Crippen molar-refractivity contribution in [2.24, 2.45) is 0 Å². The average Bonchev–Trinajstić information content (AvgIpc) is 3.00. The Bertz CT molecular complexity index is 482. The van der Waals surface area contributed by atoms with Gasteiger partial charge in [0.2, 0.25) is 0 Å². The van der Waals surface area contributed by atoms with Crippen LogP contribution >= 0.6 is 0 Å². The molecular formula is C14H18N2. The molecule has 2 heteroatoms. The minimum atomic E-state index is 0.576. The van der Waals surface area contributed by atoms with E-state index < -0.39 is 0 Å². The Labute approximate surface area is 96.1 Å². The lowest BCUT2D eigenvalue weighted by Crippen LogP contribution is -2.29. The van der Waals surface area contributed by atoms with Crippen LogP contribution in [0.3, 0.4) is 0 Å². The van der Waals surface area contributed by atoms with Gasteiger partial charge in [-0.1, -0.05) is 18.2 Å². The molecule has 0 bridgehead atoms. The smallest absolute Gasteiger partial charge is 0.0456 e. The Balaban J connectivity index is 1.77. The van der Waals surface area contributed by atoms with Gasteiger partial charge in [-0.05, 0) is 37.8 Å². The Kier molecular flexibility index (Phi) is 2.44. The van der Waals surface area contributed by atoms with Crippen LogP contribution in [0.4, 0.5) is 0 Å². The Hall–Kier alpha value is -1.28. The summed E-state index contributed by atoms with van der Waals surface area (Å²) in [7, 11) is 0. The molecule has 1 fully saturated rings. The second-order valence-corrected chi connectivity index (χ2v) is 4.91. The first kappa shape index (κ1) is 9.91. The second kappa shape index (κ2) is 3.95. The molecule has 2 nitrogen and oxygen atoms in total. The van der Waals surface area contributed by atoms with Crippen molar-refractivity contribution in [3.05, 3.63) is 36.0 Å². The minimum Gasteiger partial charge on any atom is -0.361 e. The molecule has 1 aromatic heterocycles. The van der Waals surface area contributed by atoms with Gasteiger partial charge in [-0.25, -0.2) is 0 Å². The van der Waals surface area contributed by atoms with Gasteiger partial charge in [0, 0.05) is 29.2 Å². The molecule has 1 saturated carbocycles. The van der Waals surface area contributed by atoms with Crippen molar-refractivity contribution < 1.29 is 0 Å². The highest BCUT2D eigenvalue weighted by Gasteiger charge is 2.22. The standard InChI is InChI=1S/C14H18N2/c1-10(16-12-6-7-12)8-11-9-15-14-5-3-2-4-13(11)14/h2-5,9-10,12,15-16H,6-8H2,1H3. The summed E-state index contributed by atoms with van der Waals surface area (Å²) in [6.07, 6.45) is 5.98. The zero-order chi connectivity index (χ0) is 11.0. The number of H-pyrrole nitrogens is 1. The highest BCUT2D eigenvalue weighted by atomic mass is 15.0. The number of benzene rings is 1. The van der Waals surface area contributed by atoms with Gasteiger partial charge in [0.1, 0.15) is 0 Å². The van der Waals surface area contributed by atoms with Crippen molar-refractivity contribution in [2.45, 2.75) is 38.3 Å². The van der Waals surface area contributed by atoms with E-state index in [9.17, 15) is 0 Å². The molecular weight excluding hydrogens is 196 g/mol. The molecule has 2 N–H and O–H groups in total. The average molecular weight is 214 g/mol. The fraction of sp³-hybridized carbons (Fsp3) is 0.429. The zero-order valence-electron chi connectivity index (χ0n) is 9.66. The third-order valence-electron chi connectivity index (χ3n) is 3.30. The predicted molar refractivity (Wildman–Crippen MR) is 67.6 cm³/mol. The lowest BCUT2D eigenvalue weighted by molar-refractivity contribution is 0.544. The van der Waals surface area contributed by atoms with E-state index in [1.165, 1.54) is 29.3 Å². The Morgan fingerprint density at radius 1 is 1.38 bits per heavy atom. The predicted octanol–water partition coefficient (Wildman–Crippen LogP) is 2.85. The summed E-state index contributed by atoms with van der Waals surface area (Å²) in [6, 6.07) is 9.89. The summed E-state index contributed by atoms with van der Waals surface area (Å²) in [5.74, 6) is 0. The molecule has 1 aliphatic rings. The SMILES string of the molecule is CC(Cc1c[nH]c2ccccc12)NC1CC1. The van der Waals surface area contributed by atoms with E-state index in [0.717, 1.165) is 12.5 Å². The lowest BCUT2D eigenvalue weighted by atomic mass is 10.1. The highest BCUT2D eigenvalue weighted by molar-refractivity contribution is 5.83. The number of rotatable bonds is 4. The van der Waals surface area contributed by atoms with Crippen LogP contribution in [0.15, 0.2) is 30.5 Å². The topological polar surface area (TPSA) is 27.8 Å². The van der Waals surface area contributed by atoms with Crippen molar-refractivity contribution in [3.63, 3.8) is 0 Å². The van der Waals surface area contributed by atoms with E-state index in [4.69, 9.17) is 0 Å². The molecule has 0 radical (unpaired) electrons. The van der Waals surface area contributed by atoms with E-state index >= 15 is 0 Å². The van der Waals surface area contributed by atoms with E-state index in [-0.39, 0.29) is 0 Å². The van der Waals surface area contributed by atoms with Gasteiger partial charge in [0.25, 0.3) is 0 Å². The van der Waals surface area contributed by atoms with Crippen molar-refractivity contribution in [2.75, 3.05) is 0 Å². The quantitative estimate of drug-likeness (QED) is 0.804. The van der Waals surface area contributed by atoms with Crippen LogP contribution in [0.1, 0.15) is 25.3 Å². The van der Waals surface area contributed by atoms with E-state index in [1.54, 1.807) is 0 Å². The number of aromatic amines is 1. The molecule has 0 spiro atoms. The summed E-state index contributed by atoms with van der Waals surface area (Å²) in [5.41, 5.74) is 2.67. The highest BCUT2D eigenvalue weighted by Crippen LogP contribution is 2.22. The maximum Gasteiger partial charge on any atom is 0.0456 e. The molecule has 1 aliphatic carbocycles. The molecule has 84 valence electrons. The molecule has 2 aromatic rings. The van der Waals surface area contributed by atoms with Crippen molar-refractivity contribution in [1.29, 1.82) is 0 Å². The second-order valence-electron chi connectivity index (χ2n) is 4.91. The fourth-order valence-corrected chi connectivity index (χ4v) is 2.34. The lowest BCUT2D eigenvalue weighted by Gasteiger charge is -2.12. The van der Waals surface area contributed by atoms with Gasteiger partial charge in [-0.15, -0.1) is 0 Å². The number of hydrogen-bond acceptors (Lipinski definition) is 1. The van der Waals surface area contributed by atoms with Gasteiger partial charge < -0.3 is 10.3 Å². The molecule has 0 amide bonds. The normalized spacial score (nSPS) is 17.8. The van der Waals surface area contributed by atoms with Crippen molar-refractivity contribution in [1.82, 2.24) is 10.3 Å². The summed E-state index contributed by atoms with van der Waals surface area (Å²) < 4.78 is 0. The van der Waals surface area contributed by atoms with Crippen LogP contribution in [0.25, 0.3) is 10.9 Å². The van der Waals surface area contributed by atoms with Crippen LogP contribution in [-0.4, -0.2) is 17.1 Å².